The largest absolute Gasteiger partial charge is 0.319 e. The van der Waals surface area contributed by atoms with E-state index in [1.54, 1.807) is 11.9 Å². The molecule has 0 saturated heterocycles. The highest BCUT2D eigenvalue weighted by Crippen LogP contribution is 2.44. The molecule has 0 saturated carbocycles. The molecule has 0 fully saturated rings. The highest BCUT2D eigenvalue weighted by atomic mass is 35.5. The maximum atomic E-state index is 6.27. The summed E-state index contributed by atoms with van der Waals surface area (Å²) in [5.74, 6) is 0. The van der Waals surface area contributed by atoms with Crippen LogP contribution in [0.25, 0.3) is 0 Å². The zero-order chi connectivity index (χ0) is 19.6. The zero-order valence-electron chi connectivity index (χ0n) is 17.4. The molecule has 1 heterocycles. The van der Waals surface area contributed by atoms with E-state index < -0.39 is 0 Å². The number of fused-ring (bicyclic) bond motifs is 1. The standard InChI is InChI=1S/C21H29ClN2S.C2H6/c1-3-4-5-6-9-14-23-21-17-10-7-8-11-19(17)24(2)25-20-15-16(22)12-13-18(20)21;1-2/h7,10,12-13,15,21,23H,3-6,8-9,11,14H2,1-2H3;1-2H3. The maximum absolute atomic E-state index is 6.27. The minimum atomic E-state index is 0.266. The first-order valence-electron chi connectivity index (χ1n) is 10.5. The normalized spacial score (nSPS) is 18.4. The molecule has 0 spiro atoms. The topological polar surface area (TPSA) is 15.3 Å². The lowest BCUT2D eigenvalue weighted by Gasteiger charge is -2.26. The zero-order valence-corrected chi connectivity index (χ0v) is 18.9. The first kappa shape index (κ1) is 22.4. The molecular formula is C23H35ClN2S. The van der Waals surface area contributed by atoms with Crippen LogP contribution in [-0.2, 0) is 0 Å². The second-order valence-corrected chi connectivity index (χ2v) is 8.52. The number of hydrogen-bond donors (Lipinski definition) is 1. The third kappa shape index (κ3) is 6.04. The number of unbranched alkanes of at least 4 members (excludes halogenated alkanes) is 4. The summed E-state index contributed by atoms with van der Waals surface area (Å²) in [4.78, 5) is 1.27. The molecule has 2 aliphatic rings. The van der Waals surface area contributed by atoms with Crippen LogP contribution in [0.4, 0.5) is 0 Å². The molecule has 1 atom stereocenters. The van der Waals surface area contributed by atoms with Gasteiger partial charge in [0.25, 0.3) is 0 Å². The Balaban J connectivity index is 0.00000126. The van der Waals surface area contributed by atoms with Gasteiger partial charge in [-0.05, 0) is 61.0 Å². The third-order valence-electron chi connectivity index (χ3n) is 5.02. The Bertz CT molecular complexity index is 654. The summed E-state index contributed by atoms with van der Waals surface area (Å²) in [6.45, 7) is 7.33. The molecule has 1 N–H and O–H groups in total. The van der Waals surface area contributed by atoms with Gasteiger partial charge in [-0.15, -0.1) is 0 Å². The average molecular weight is 407 g/mol. The highest BCUT2D eigenvalue weighted by molar-refractivity contribution is 7.97. The van der Waals surface area contributed by atoms with E-state index >= 15 is 0 Å². The fourth-order valence-electron chi connectivity index (χ4n) is 3.66. The molecule has 1 unspecified atom stereocenters. The van der Waals surface area contributed by atoms with Gasteiger partial charge in [-0.3, -0.25) is 0 Å². The van der Waals surface area contributed by atoms with E-state index in [1.165, 1.54) is 53.8 Å². The Labute approximate surface area is 175 Å². The molecule has 1 aromatic carbocycles. The van der Waals surface area contributed by atoms with Gasteiger partial charge in [-0.1, -0.05) is 76.3 Å². The summed E-state index contributed by atoms with van der Waals surface area (Å²) >= 11 is 8.08. The van der Waals surface area contributed by atoms with Crippen LogP contribution in [0.2, 0.25) is 5.02 Å². The van der Waals surface area contributed by atoms with E-state index in [0.717, 1.165) is 24.4 Å². The van der Waals surface area contributed by atoms with Gasteiger partial charge >= 0.3 is 0 Å². The predicted molar refractivity (Wildman–Crippen MR) is 121 cm³/mol. The molecule has 0 bridgehead atoms. The highest BCUT2D eigenvalue weighted by Gasteiger charge is 2.28. The van der Waals surface area contributed by atoms with Gasteiger partial charge in [-0.25, -0.2) is 0 Å². The Morgan fingerprint density at radius 2 is 1.96 bits per heavy atom. The van der Waals surface area contributed by atoms with Crippen LogP contribution in [-0.4, -0.2) is 17.9 Å². The molecule has 0 amide bonds. The van der Waals surface area contributed by atoms with Crippen molar-refractivity contribution < 1.29 is 0 Å². The summed E-state index contributed by atoms with van der Waals surface area (Å²) in [6, 6.07) is 6.60. The van der Waals surface area contributed by atoms with E-state index in [0.29, 0.717) is 0 Å². The Morgan fingerprint density at radius 3 is 2.74 bits per heavy atom. The molecule has 4 heteroatoms. The first-order chi connectivity index (χ1) is 13.2. The van der Waals surface area contributed by atoms with Crippen molar-refractivity contribution in [3.63, 3.8) is 0 Å². The number of nitrogens with zero attached hydrogens (tertiary/aromatic N) is 1. The van der Waals surface area contributed by atoms with Crippen LogP contribution in [0.1, 0.15) is 77.3 Å². The van der Waals surface area contributed by atoms with Gasteiger partial charge in [0, 0.05) is 22.7 Å². The van der Waals surface area contributed by atoms with E-state index in [-0.39, 0.29) is 6.04 Å². The van der Waals surface area contributed by atoms with Gasteiger partial charge in [0.05, 0.1) is 6.04 Å². The van der Waals surface area contributed by atoms with Crippen LogP contribution in [0.15, 0.2) is 46.5 Å². The monoisotopic (exact) mass is 406 g/mol. The van der Waals surface area contributed by atoms with Crippen LogP contribution in [0.3, 0.4) is 0 Å². The van der Waals surface area contributed by atoms with Crippen LogP contribution >= 0.6 is 23.5 Å². The van der Waals surface area contributed by atoms with Crippen molar-refractivity contribution in [2.75, 3.05) is 13.6 Å². The van der Waals surface area contributed by atoms with E-state index in [2.05, 4.69) is 47.9 Å². The number of allylic oxidation sites excluding steroid dienone is 2. The molecule has 1 aliphatic carbocycles. The van der Waals surface area contributed by atoms with Gasteiger partial charge in [-0.2, -0.15) is 0 Å². The number of hydrogen-bond acceptors (Lipinski definition) is 3. The predicted octanol–water partition coefficient (Wildman–Crippen LogP) is 7.52. The van der Waals surface area contributed by atoms with Gasteiger partial charge < -0.3 is 9.62 Å². The fourth-order valence-corrected chi connectivity index (χ4v) is 4.97. The second-order valence-electron chi connectivity index (χ2n) is 6.92. The summed E-state index contributed by atoms with van der Waals surface area (Å²) in [5, 5.41) is 4.66. The molecule has 0 aromatic heterocycles. The smallest absolute Gasteiger partial charge is 0.0605 e. The van der Waals surface area contributed by atoms with Crippen molar-refractivity contribution in [2.45, 2.75) is 76.7 Å². The van der Waals surface area contributed by atoms with Crippen molar-refractivity contribution in [1.82, 2.24) is 9.62 Å². The lowest BCUT2D eigenvalue weighted by Crippen LogP contribution is -2.26. The Kier molecular flexibility index (Phi) is 9.81. The van der Waals surface area contributed by atoms with Crippen molar-refractivity contribution in [3.8, 4) is 0 Å². The van der Waals surface area contributed by atoms with E-state index in [4.69, 9.17) is 11.6 Å². The van der Waals surface area contributed by atoms with Gasteiger partial charge in [0.2, 0.25) is 0 Å². The van der Waals surface area contributed by atoms with Gasteiger partial charge in [0.15, 0.2) is 0 Å². The Morgan fingerprint density at radius 1 is 1.19 bits per heavy atom. The molecule has 27 heavy (non-hydrogen) atoms. The van der Waals surface area contributed by atoms with Crippen molar-refractivity contribution in [1.29, 1.82) is 0 Å². The first-order valence-corrected chi connectivity index (χ1v) is 11.7. The fraction of sp³-hybridized carbons (Fsp3) is 0.565. The van der Waals surface area contributed by atoms with Crippen molar-refractivity contribution in [2.24, 2.45) is 0 Å². The lowest BCUT2D eigenvalue weighted by atomic mass is 9.92. The second kappa shape index (κ2) is 11.8. The number of nitrogens with one attached hydrogen (secondary N) is 1. The quantitative estimate of drug-likeness (QED) is 0.372. The van der Waals surface area contributed by atoms with Crippen molar-refractivity contribution in [3.05, 3.63) is 52.2 Å². The third-order valence-corrected chi connectivity index (χ3v) is 6.30. The molecule has 3 rings (SSSR count). The van der Waals surface area contributed by atoms with Crippen LogP contribution in [0.5, 0.6) is 0 Å². The summed E-state index contributed by atoms with van der Waals surface area (Å²) in [7, 11) is 2.18. The number of benzene rings is 1. The average Bonchev–Trinajstić information content (AvgIpc) is 2.80. The molecular weight excluding hydrogens is 372 g/mol. The Hall–Kier alpha value is -0.900. The lowest BCUT2D eigenvalue weighted by molar-refractivity contribution is 0.532. The van der Waals surface area contributed by atoms with Crippen LogP contribution in [0, 0.1) is 0 Å². The molecule has 0 radical (unpaired) electrons. The van der Waals surface area contributed by atoms with Crippen LogP contribution < -0.4 is 5.32 Å². The molecule has 1 aromatic rings. The van der Waals surface area contributed by atoms with E-state index in [1.807, 2.05) is 19.9 Å². The summed E-state index contributed by atoms with van der Waals surface area (Å²) < 4.78 is 2.33. The maximum Gasteiger partial charge on any atom is 0.0605 e. The van der Waals surface area contributed by atoms with Crippen molar-refractivity contribution >= 4 is 23.5 Å². The molecule has 150 valence electrons. The minimum Gasteiger partial charge on any atom is -0.319 e. The molecule has 2 nitrogen and oxygen atoms in total. The molecule has 1 aliphatic heterocycles. The van der Waals surface area contributed by atoms with Gasteiger partial charge in [0.1, 0.15) is 0 Å². The summed E-state index contributed by atoms with van der Waals surface area (Å²) in [5.41, 5.74) is 4.23. The SMILES string of the molecule is CC.CCCCCCCNC1C2=C(CCC=C2)N(C)Sc2cc(Cl)ccc21. The number of halogens is 1. The minimum absolute atomic E-state index is 0.266. The van der Waals surface area contributed by atoms with E-state index in [9.17, 15) is 0 Å². The summed E-state index contributed by atoms with van der Waals surface area (Å²) in [6.07, 6.45) is 13.4. The number of rotatable bonds is 7.